The van der Waals surface area contributed by atoms with Crippen LogP contribution in [0.2, 0.25) is 0 Å². The van der Waals surface area contributed by atoms with Gasteiger partial charge in [0.05, 0.1) is 14.2 Å². The molecule has 1 atom stereocenters. The summed E-state index contributed by atoms with van der Waals surface area (Å²) in [5, 5.41) is 3.16. The van der Waals surface area contributed by atoms with Gasteiger partial charge in [0, 0.05) is 6.54 Å². The van der Waals surface area contributed by atoms with Crippen molar-refractivity contribution in [3.05, 3.63) is 23.8 Å². The van der Waals surface area contributed by atoms with Gasteiger partial charge in [-0.3, -0.25) is 0 Å². The fourth-order valence-electron chi connectivity index (χ4n) is 1.58. The topological polar surface area (TPSA) is 30.5 Å². The molecular formula is C12H19NO2. The zero-order chi connectivity index (χ0) is 11.3. The average Bonchev–Trinajstić information content (AvgIpc) is 2.28. The van der Waals surface area contributed by atoms with Crippen molar-refractivity contribution in [1.82, 2.24) is 5.32 Å². The number of hydrogen-bond donors (Lipinski definition) is 1. The monoisotopic (exact) mass is 209 g/mol. The van der Waals surface area contributed by atoms with Crippen molar-refractivity contribution in [2.75, 3.05) is 27.8 Å². The number of nitrogens with one attached hydrogen (secondary N) is 1. The quantitative estimate of drug-likeness (QED) is 0.805. The predicted octanol–water partition coefficient (Wildman–Crippen LogP) is 2.03. The van der Waals surface area contributed by atoms with Gasteiger partial charge in [-0.05, 0) is 30.7 Å². The van der Waals surface area contributed by atoms with Gasteiger partial charge in [-0.2, -0.15) is 0 Å². The van der Waals surface area contributed by atoms with Crippen LogP contribution in [0.5, 0.6) is 11.5 Å². The summed E-state index contributed by atoms with van der Waals surface area (Å²) in [5.74, 6) is 2.03. The van der Waals surface area contributed by atoms with Crippen LogP contribution < -0.4 is 14.8 Å². The third kappa shape index (κ3) is 2.86. The number of ether oxygens (including phenoxy) is 2. The predicted molar refractivity (Wildman–Crippen MR) is 61.9 cm³/mol. The van der Waals surface area contributed by atoms with Crippen molar-refractivity contribution < 1.29 is 9.47 Å². The standard InChI is InChI=1S/C12H19NO2/c1-9(8-13-2)10-5-6-11(14-3)12(7-10)15-4/h5-7,9,13H,8H2,1-4H3. The second-order valence-electron chi connectivity index (χ2n) is 3.57. The van der Waals surface area contributed by atoms with Crippen LogP contribution in [0.1, 0.15) is 18.4 Å². The fourth-order valence-corrected chi connectivity index (χ4v) is 1.58. The maximum Gasteiger partial charge on any atom is 0.160 e. The minimum Gasteiger partial charge on any atom is -0.493 e. The molecule has 0 aromatic heterocycles. The van der Waals surface area contributed by atoms with Gasteiger partial charge in [-0.25, -0.2) is 0 Å². The molecule has 1 unspecified atom stereocenters. The Balaban J connectivity index is 2.92. The number of likely N-dealkylation sites (N-methyl/N-ethyl adjacent to an activating group) is 1. The van der Waals surface area contributed by atoms with Crippen molar-refractivity contribution >= 4 is 0 Å². The van der Waals surface area contributed by atoms with E-state index in [1.165, 1.54) is 5.56 Å². The van der Waals surface area contributed by atoms with Crippen molar-refractivity contribution in [1.29, 1.82) is 0 Å². The third-order valence-electron chi connectivity index (χ3n) is 2.49. The van der Waals surface area contributed by atoms with E-state index in [9.17, 15) is 0 Å². The van der Waals surface area contributed by atoms with Gasteiger partial charge in [-0.1, -0.05) is 13.0 Å². The van der Waals surface area contributed by atoms with E-state index in [1.54, 1.807) is 14.2 Å². The Kier molecular flexibility index (Phi) is 4.43. The largest absolute Gasteiger partial charge is 0.493 e. The molecule has 0 aliphatic heterocycles. The smallest absolute Gasteiger partial charge is 0.160 e. The summed E-state index contributed by atoms with van der Waals surface area (Å²) in [6, 6.07) is 6.05. The number of rotatable bonds is 5. The van der Waals surface area contributed by atoms with E-state index >= 15 is 0 Å². The first-order valence-corrected chi connectivity index (χ1v) is 5.09. The van der Waals surface area contributed by atoms with Crippen LogP contribution in [0.25, 0.3) is 0 Å². The summed E-state index contributed by atoms with van der Waals surface area (Å²) in [6.07, 6.45) is 0. The first kappa shape index (κ1) is 11.9. The lowest BCUT2D eigenvalue weighted by Gasteiger charge is -2.14. The highest BCUT2D eigenvalue weighted by molar-refractivity contribution is 5.43. The van der Waals surface area contributed by atoms with Crippen molar-refractivity contribution in [2.45, 2.75) is 12.8 Å². The molecule has 0 spiro atoms. The lowest BCUT2D eigenvalue weighted by atomic mass is 10.0. The van der Waals surface area contributed by atoms with Crippen LogP contribution in [0.4, 0.5) is 0 Å². The molecule has 0 saturated carbocycles. The van der Waals surface area contributed by atoms with Gasteiger partial charge < -0.3 is 14.8 Å². The normalized spacial score (nSPS) is 12.3. The average molecular weight is 209 g/mol. The van der Waals surface area contributed by atoms with Crippen molar-refractivity contribution in [3.8, 4) is 11.5 Å². The van der Waals surface area contributed by atoms with Crippen LogP contribution in [0.3, 0.4) is 0 Å². The highest BCUT2D eigenvalue weighted by Crippen LogP contribution is 2.30. The summed E-state index contributed by atoms with van der Waals surface area (Å²) < 4.78 is 10.5. The summed E-state index contributed by atoms with van der Waals surface area (Å²) in [7, 11) is 5.26. The van der Waals surface area contributed by atoms with Crippen LogP contribution in [0.15, 0.2) is 18.2 Å². The first-order valence-electron chi connectivity index (χ1n) is 5.09. The van der Waals surface area contributed by atoms with E-state index < -0.39 is 0 Å². The van der Waals surface area contributed by atoms with Gasteiger partial charge in [0.15, 0.2) is 11.5 Å². The van der Waals surface area contributed by atoms with Crippen molar-refractivity contribution in [2.24, 2.45) is 0 Å². The molecule has 0 saturated heterocycles. The number of hydrogen-bond acceptors (Lipinski definition) is 3. The maximum absolute atomic E-state index is 5.26. The third-order valence-corrected chi connectivity index (χ3v) is 2.49. The molecule has 0 bridgehead atoms. The van der Waals surface area contributed by atoms with Crippen LogP contribution in [-0.2, 0) is 0 Å². The second-order valence-corrected chi connectivity index (χ2v) is 3.57. The number of benzene rings is 1. The molecule has 0 fully saturated rings. The molecule has 0 amide bonds. The molecule has 84 valence electrons. The summed E-state index contributed by atoms with van der Waals surface area (Å²) >= 11 is 0. The zero-order valence-electron chi connectivity index (χ0n) is 9.83. The molecule has 1 rings (SSSR count). The zero-order valence-corrected chi connectivity index (χ0v) is 9.83. The van der Waals surface area contributed by atoms with Gasteiger partial charge in [0.1, 0.15) is 0 Å². The maximum atomic E-state index is 5.26. The molecule has 1 N–H and O–H groups in total. The summed E-state index contributed by atoms with van der Waals surface area (Å²) in [4.78, 5) is 0. The molecule has 15 heavy (non-hydrogen) atoms. The van der Waals surface area contributed by atoms with Crippen molar-refractivity contribution in [3.63, 3.8) is 0 Å². The molecule has 0 radical (unpaired) electrons. The molecule has 0 aliphatic carbocycles. The summed E-state index contributed by atoms with van der Waals surface area (Å²) in [5.41, 5.74) is 1.25. The highest BCUT2D eigenvalue weighted by atomic mass is 16.5. The second kappa shape index (κ2) is 5.61. The Morgan fingerprint density at radius 1 is 1.20 bits per heavy atom. The van der Waals surface area contributed by atoms with E-state index in [0.717, 1.165) is 18.0 Å². The van der Waals surface area contributed by atoms with Gasteiger partial charge in [0.2, 0.25) is 0 Å². The Morgan fingerprint density at radius 3 is 2.40 bits per heavy atom. The van der Waals surface area contributed by atoms with E-state index in [1.807, 2.05) is 19.2 Å². The Morgan fingerprint density at radius 2 is 1.87 bits per heavy atom. The van der Waals surface area contributed by atoms with E-state index in [2.05, 4.69) is 18.3 Å². The minimum atomic E-state index is 0.467. The minimum absolute atomic E-state index is 0.467. The van der Waals surface area contributed by atoms with E-state index in [4.69, 9.17) is 9.47 Å². The van der Waals surface area contributed by atoms with E-state index in [-0.39, 0.29) is 0 Å². The lowest BCUT2D eigenvalue weighted by molar-refractivity contribution is 0.354. The van der Waals surface area contributed by atoms with Gasteiger partial charge in [-0.15, -0.1) is 0 Å². The SMILES string of the molecule is CNCC(C)c1ccc(OC)c(OC)c1. The first-order chi connectivity index (χ1) is 7.22. The Hall–Kier alpha value is -1.22. The Bertz CT molecular complexity index is 312. The molecule has 3 heteroatoms. The van der Waals surface area contributed by atoms with Gasteiger partial charge in [0.25, 0.3) is 0 Å². The van der Waals surface area contributed by atoms with Crippen LogP contribution in [0, 0.1) is 0 Å². The lowest BCUT2D eigenvalue weighted by Crippen LogP contribution is -2.14. The van der Waals surface area contributed by atoms with Crippen LogP contribution >= 0.6 is 0 Å². The van der Waals surface area contributed by atoms with Gasteiger partial charge >= 0.3 is 0 Å². The molecule has 3 nitrogen and oxygen atoms in total. The highest BCUT2D eigenvalue weighted by Gasteiger charge is 2.09. The Labute approximate surface area is 91.4 Å². The number of methoxy groups -OCH3 is 2. The molecule has 1 aromatic carbocycles. The summed E-state index contributed by atoms with van der Waals surface area (Å²) in [6.45, 7) is 3.13. The van der Waals surface area contributed by atoms with E-state index in [0.29, 0.717) is 5.92 Å². The fraction of sp³-hybridized carbons (Fsp3) is 0.500. The van der Waals surface area contributed by atoms with Crippen LogP contribution in [-0.4, -0.2) is 27.8 Å². The molecular weight excluding hydrogens is 190 g/mol. The molecule has 1 aromatic rings. The molecule has 0 heterocycles. The molecule has 0 aliphatic rings.